The highest BCUT2D eigenvalue weighted by Crippen LogP contribution is 2.24. The molecule has 0 aliphatic heterocycles. The zero-order valence-corrected chi connectivity index (χ0v) is 17.0. The third kappa shape index (κ3) is 9.35. The van der Waals surface area contributed by atoms with E-state index in [4.69, 9.17) is 9.05 Å². The molecule has 1 unspecified atom stereocenters. The lowest BCUT2D eigenvalue weighted by atomic mass is 10.3. The first kappa shape index (κ1) is 24.8. The Kier molecular flexibility index (Phi) is 13.8. The number of hydrogen-bond acceptors (Lipinski definition) is 6. The van der Waals surface area contributed by atoms with Crippen molar-refractivity contribution in [2.24, 2.45) is 0 Å². The molecular formula is C16H38N2O6P+3. The van der Waals surface area contributed by atoms with Gasteiger partial charge in [0.15, 0.2) is 13.2 Å². The van der Waals surface area contributed by atoms with Crippen molar-refractivity contribution in [3.63, 3.8) is 0 Å². The molecule has 0 aliphatic carbocycles. The highest BCUT2D eigenvalue weighted by Gasteiger charge is 2.30. The second kappa shape index (κ2) is 13.9. The first-order valence-electron chi connectivity index (χ1n) is 9.22. The molecule has 0 rings (SSSR count). The number of nitrogens with zero attached hydrogens (tertiary/aromatic N) is 2. The summed E-state index contributed by atoms with van der Waals surface area (Å²) in [7, 11) is -2.19. The van der Waals surface area contributed by atoms with E-state index in [-0.39, 0.29) is 26.4 Å². The van der Waals surface area contributed by atoms with Crippen molar-refractivity contribution in [2.45, 2.75) is 20.8 Å². The van der Waals surface area contributed by atoms with Crippen molar-refractivity contribution in [1.29, 1.82) is 0 Å². The maximum atomic E-state index is 11.9. The zero-order valence-electron chi connectivity index (χ0n) is 16.1. The summed E-state index contributed by atoms with van der Waals surface area (Å²) in [6.07, 6.45) is 0. The number of hydrogen-bond donors (Lipinski definition) is 3. The summed E-state index contributed by atoms with van der Waals surface area (Å²) in [5.41, 5.74) is 0. The van der Waals surface area contributed by atoms with Gasteiger partial charge >= 0.3 is 8.25 Å². The molecule has 0 aromatic heterocycles. The molecule has 0 aromatic rings. The van der Waals surface area contributed by atoms with E-state index in [1.165, 1.54) is 0 Å². The smallest absolute Gasteiger partial charge is 0.391 e. The van der Waals surface area contributed by atoms with Crippen LogP contribution in [-0.4, -0.2) is 110 Å². The SMILES string of the molecule is CC[N+](CC)(CC)CCO[P+](=O)OCC[N+](CCO)(CCO)CCO. The lowest BCUT2D eigenvalue weighted by molar-refractivity contribution is -0.929. The lowest BCUT2D eigenvalue weighted by Gasteiger charge is -2.36. The molecule has 0 bridgehead atoms. The molecule has 0 saturated heterocycles. The summed E-state index contributed by atoms with van der Waals surface area (Å²) >= 11 is 0. The summed E-state index contributed by atoms with van der Waals surface area (Å²) in [6, 6.07) is 0. The van der Waals surface area contributed by atoms with Gasteiger partial charge in [-0.3, -0.25) is 0 Å². The van der Waals surface area contributed by atoms with Crippen LogP contribution in [-0.2, 0) is 13.6 Å². The third-order valence-corrected chi connectivity index (χ3v) is 6.05. The van der Waals surface area contributed by atoms with Crippen molar-refractivity contribution in [1.82, 2.24) is 0 Å². The Labute approximate surface area is 153 Å². The highest BCUT2D eigenvalue weighted by molar-refractivity contribution is 7.33. The molecule has 0 fully saturated rings. The Hall–Kier alpha value is -0.180. The average molecular weight is 385 g/mol. The highest BCUT2D eigenvalue weighted by atomic mass is 31.1. The van der Waals surface area contributed by atoms with E-state index in [9.17, 15) is 19.9 Å². The Morgan fingerprint density at radius 1 is 0.680 bits per heavy atom. The molecule has 3 N–H and O–H groups in total. The van der Waals surface area contributed by atoms with Gasteiger partial charge in [-0.05, 0) is 20.8 Å². The van der Waals surface area contributed by atoms with Crippen LogP contribution in [0.15, 0.2) is 0 Å². The van der Waals surface area contributed by atoms with Gasteiger partial charge in [0.05, 0.1) is 39.5 Å². The molecule has 25 heavy (non-hydrogen) atoms. The van der Waals surface area contributed by atoms with E-state index in [1.807, 2.05) is 0 Å². The van der Waals surface area contributed by atoms with Gasteiger partial charge in [0.25, 0.3) is 0 Å². The van der Waals surface area contributed by atoms with E-state index >= 15 is 0 Å². The first-order chi connectivity index (χ1) is 12.0. The van der Waals surface area contributed by atoms with E-state index < -0.39 is 8.25 Å². The molecule has 8 nitrogen and oxygen atoms in total. The molecule has 9 heteroatoms. The number of quaternary nitrogens is 2. The van der Waals surface area contributed by atoms with Gasteiger partial charge < -0.3 is 24.3 Å². The number of aliphatic hydroxyl groups is 3. The monoisotopic (exact) mass is 385 g/mol. The Balaban J connectivity index is 4.30. The van der Waals surface area contributed by atoms with E-state index in [1.54, 1.807) is 0 Å². The molecule has 0 radical (unpaired) electrons. The Morgan fingerprint density at radius 3 is 1.36 bits per heavy atom. The van der Waals surface area contributed by atoms with Crippen molar-refractivity contribution in [3.8, 4) is 0 Å². The molecule has 1 atom stereocenters. The Bertz CT molecular complexity index is 330. The summed E-state index contributed by atoms with van der Waals surface area (Å²) in [5, 5.41) is 27.7. The van der Waals surface area contributed by atoms with Crippen LogP contribution >= 0.6 is 8.25 Å². The normalized spacial score (nSPS) is 13.3. The maximum Gasteiger partial charge on any atom is 0.697 e. The van der Waals surface area contributed by atoms with Crippen LogP contribution in [0.2, 0.25) is 0 Å². The number of rotatable bonds is 17. The molecule has 0 aromatic carbocycles. The van der Waals surface area contributed by atoms with Crippen LogP contribution < -0.4 is 0 Å². The maximum absolute atomic E-state index is 11.9. The summed E-state index contributed by atoms with van der Waals surface area (Å²) in [4.78, 5) is 0. The predicted octanol–water partition coefficient (Wildman–Crippen LogP) is 0.347. The third-order valence-electron chi connectivity index (χ3n) is 5.26. The van der Waals surface area contributed by atoms with Gasteiger partial charge in [-0.15, -0.1) is 9.05 Å². The topological polar surface area (TPSA) is 96.2 Å². The van der Waals surface area contributed by atoms with Crippen molar-refractivity contribution < 1.29 is 37.9 Å². The molecule has 0 spiro atoms. The van der Waals surface area contributed by atoms with E-state index in [0.29, 0.717) is 37.3 Å². The fourth-order valence-corrected chi connectivity index (χ4v) is 3.64. The molecular weight excluding hydrogens is 347 g/mol. The van der Waals surface area contributed by atoms with Crippen LogP contribution in [0.5, 0.6) is 0 Å². The van der Waals surface area contributed by atoms with Crippen LogP contribution in [0.1, 0.15) is 20.8 Å². The quantitative estimate of drug-likeness (QED) is 0.247. The van der Waals surface area contributed by atoms with Crippen LogP contribution in [0.3, 0.4) is 0 Å². The fourth-order valence-electron chi connectivity index (χ4n) is 3.11. The summed E-state index contributed by atoms with van der Waals surface area (Å²) in [5.74, 6) is 0. The molecule has 0 saturated carbocycles. The standard InChI is InChI=1S/C16H38N2O6P/c1-4-17(5-2,6-3)10-15-23-25(22)24-16-11-18(7-12-19,8-13-20)9-14-21/h19-21H,4-16H2,1-3H3/q+3. The minimum atomic E-state index is -2.19. The fraction of sp³-hybridized carbons (Fsp3) is 1.00. The van der Waals surface area contributed by atoms with Crippen molar-refractivity contribution >= 4 is 8.25 Å². The molecule has 0 heterocycles. The molecule has 0 amide bonds. The van der Waals surface area contributed by atoms with Gasteiger partial charge in [-0.25, -0.2) is 0 Å². The van der Waals surface area contributed by atoms with Crippen LogP contribution in [0.25, 0.3) is 0 Å². The number of likely N-dealkylation sites (N-methyl/N-ethyl adjacent to an activating group) is 1. The molecule has 150 valence electrons. The largest absolute Gasteiger partial charge is 0.697 e. The van der Waals surface area contributed by atoms with Crippen LogP contribution in [0.4, 0.5) is 0 Å². The predicted molar refractivity (Wildman–Crippen MR) is 97.2 cm³/mol. The molecule has 0 aliphatic rings. The minimum Gasteiger partial charge on any atom is -0.391 e. The summed E-state index contributed by atoms with van der Waals surface area (Å²) < 4.78 is 23.7. The average Bonchev–Trinajstić information content (AvgIpc) is 2.60. The number of aliphatic hydroxyl groups excluding tert-OH is 3. The second-order valence-electron chi connectivity index (χ2n) is 6.31. The van der Waals surface area contributed by atoms with E-state index in [0.717, 1.165) is 30.7 Å². The van der Waals surface area contributed by atoms with Crippen molar-refractivity contribution in [2.75, 3.05) is 85.4 Å². The van der Waals surface area contributed by atoms with Gasteiger partial charge in [0.1, 0.15) is 32.7 Å². The van der Waals surface area contributed by atoms with Crippen LogP contribution in [0, 0.1) is 0 Å². The lowest BCUT2D eigenvalue weighted by Crippen LogP contribution is -2.54. The van der Waals surface area contributed by atoms with Gasteiger partial charge in [0.2, 0.25) is 0 Å². The minimum absolute atomic E-state index is 0.0479. The van der Waals surface area contributed by atoms with Gasteiger partial charge in [-0.1, -0.05) is 0 Å². The van der Waals surface area contributed by atoms with Gasteiger partial charge in [-0.2, -0.15) is 0 Å². The van der Waals surface area contributed by atoms with Crippen molar-refractivity contribution in [3.05, 3.63) is 0 Å². The zero-order chi connectivity index (χ0) is 19.2. The Morgan fingerprint density at radius 2 is 1.04 bits per heavy atom. The van der Waals surface area contributed by atoms with Gasteiger partial charge in [0, 0.05) is 4.57 Å². The van der Waals surface area contributed by atoms with E-state index in [2.05, 4.69) is 20.8 Å². The first-order valence-corrected chi connectivity index (χ1v) is 10.3. The summed E-state index contributed by atoms with van der Waals surface area (Å²) in [6.45, 7) is 12.4. The second-order valence-corrected chi connectivity index (χ2v) is 7.27.